The van der Waals surface area contributed by atoms with Crippen molar-refractivity contribution >= 4 is 7.60 Å². The molecule has 2 rings (SSSR count). The zero-order valence-corrected chi connectivity index (χ0v) is 15.3. The molecule has 1 fully saturated rings. The Morgan fingerprint density at radius 2 is 1.88 bits per heavy atom. The van der Waals surface area contributed by atoms with Crippen LogP contribution >= 0.6 is 7.60 Å². The van der Waals surface area contributed by atoms with E-state index >= 15 is 0 Å². The molecule has 1 aromatic rings. The van der Waals surface area contributed by atoms with Gasteiger partial charge in [0.1, 0.15) is 0 Å². The summed E-state index contributed by atoms with van der Waals surface area (Å²) in [6, 6.07) is 9.84. The van der Waals surface area contributed by atoms with E-state index in [1.807, 2.05) is 30.3 Å². The summed E-state index contributed by atoms with van der Waals surface area (Å²) in [6.45, 7) is 8.20. The van der Waals surface area contributed by atoms with Crippen LogP contribution < -0.4 is 0 Å². The fraction of sp³-hybridized carbons (Fsp3) is 0.474. The maximum absolute atomic E-state index is 12.7. The minimum absolute atomic E-state index is 0.268. The molecule has 0 aromatic heterocycles. The third-order valence-corrected chi connectivity index (χ3v) is 5.34. The fourth-order valence-electron chi connectivity index (χ4n) is 2.61. The van der Waals surface area contributed by atoms with Gasteiger partial charge in [-0.3, -0.25) is 9.05 Å². The number of rotatable bonds is 9. The molecule has 0 spiro atoms. The third kappa shape index (κ3) is 4.59. The van der Waals surface area contributed by atoms with Crippen LogP contribution in [0.15, 0.2) is 43.0 Å². The lowest BCUT2D eigenvalue weighted by molar-refractivity contribution is -0.00498. The van der Waals surface area contributed by atoms with Crippen LogP contribution in [0.5, 0.6) is 0 Å². The Labute approximate surface area is 144 Å². The van der Waals surface area contributed by atoms with Crippen molar-refractivity contribution in [2.75, 3.05) is 19.8 Å². The molecule has 1 saturated carbocycles. The smallest absolute Gasteiger partial charge is 0.354 e. The van der Waals surface area contributed by atoms with Crippen LogP contribution in [0.4, 0.5) is 0 Å². The number of ether oxygens (including phenoxy) is 1. The molecule has 130 valence electrons. The highest BCUT2D eigenvalue weighted by Crippen LogP contribution is 2.51. The average Bonchev–Trinajstić information content (AvgIpc) is 3.42. The molecule has 0 radical (unpaired) electrons. The minimum Gasteiger partial charge on any atom is -0.354 e. The molecule has 0 saturated heterocycles. The molecule has 0 N–H and O–H groups in total. The average molecular weight is 348 g/mol. The zero-order chi connectivity index (χ0) is 17.5. The van der Waals surface area contributed by atoms with Gasteiger partial charge >= 0.3 is 7.60 Å². The van der Waals surface area contributed by atoms with Crippen LogP contribution in [0, 0.1) is 17.5 Å². The lowest BCUT2D eigenvalue weighted by atomic mass is 9.89. The van der Waals surface area contributed by atoms with Gasteiger partial charge in [-0.05, 0) is 32.3 Å². The van der Waals surface area contributed by atoms with Crippen LogP contribution in [0.3, 0.4) is 0 Å². The van der Waals surface area contributed by atoms with Gasteiger partial charge in [-0.2, -0.15) is 0 Å². The molecule has 1 aromatic carbocycles. The van der Waals surface area contributed by atoms with Crippen molar-refractivity contribution in [1.29, 1.82) is 0 Å². The fourth-order valence-corrected chi connectivity index (χ4v) is 3.79. The second kappa shape index (κ2) is 8.65. The van der Waals surface area contributed by atoms with E-state index in [1.165, 1.54) is 0 Å². The summed E-state index contributed by atoms with van der Waals surface area (Å²) in [6.07, 6.45) is 3.75. The summed E-state index contributed by atoms with van der Waals surface area (Å²) in [5.74, 6) is 3.39. The Morgan fingerprint density at radius 1 is 1.25 bits per heavy atom. The molecule has 1 atom stereocenters. The van der Waals surface area contributed by atoms with Crippen LogP contribution in [0.2, 0.25) is 0 Å². The normalized spacial score (nSPS) is 16.8. The topological polar surface area (TPSA) is 44.8 Å². The van der Waals surface area contributed by atoms with E-state index in [1.54, 1.807) is 19.9 Å². The van der Waals surface area contributed by atoms with E-state index in [9.17, 15) is 4.57 Å². The van der Waals surface area contributed by atoms with E-state index < -0.39 is 13.2 Å². The van der Waals surface area contributed by atoms with Gasteiger partial charge in [0.25, 0.3) is 0 Å². The van der Waals surface area contributed by atoms with Crippen molar-refractivity contribution in [2.24, 2.45) is 5.92 Å². The summed E-state index contributed by atoms with van der Waals surface area (Å²) in [5, 5.41) is 0. The molecule has 1 unspecified atom stereocenters. The van der Waals surface area contributed by atoms with Gasteiger partial charge in [-0.25, -0.2) is 4.57 Å². The zero-order valence-electron chi connectivity index (χ0n) is 14.4. The van der Waals surface area contributed by atoms with E-state index in [-0.39, 0.29) is 19.1 Å². The Bertz CT molecular complexity index is 632. The highest BCUT2D eigenvalue weighted by atomic mass is 31.2. The quantitative estimate of drug-likeness (QED) is 0.368. The predicted octanol–water partition coefficient (Wildman–Crippen LogP) is 4.72. The van der Waals surface area contributed by atoms with Gasteiger partial charge in [0.15, 0.2) is 5.60 Å². The van der Waals surface area contributed by atoms with Crippen molar-refractivity contribution in [3.05, 3.63) is 48.6 Å². The van der Waals surface area contributed by atoms with Crippen LogP contribution in [-0.4, -0.2) is 19.8 Å². The molecule has 5 heteroatoms. The molecular formula is C19H25O4P. The van der Waals surface area contributed by atoms with Crippen LogP contribution in [0.1, 0.15) is 32.3 Å². The standard InChI is InChI=1S/C19H25O4P/c1-4-15-21-19(18-12-13-18,17-10-8-7-9-11-17)14-16-24(20,22-5-2)23-6-3/h4,7-11,18H,1,5-6,12-13,15H2,2-3H3. The Balaban J connectivity index is 2.45. The van der Waals surface area contributed by atoms with Gasteiger partial charge in [0.05, 0.1) is 19.8 Å². The van der Waals surface area contributed by atoms with Gasteiger partial charge in [-0.1, -0.05) is 42.3 Å². The lowest BCUT2D eigenvalue weighted by Crippen LogP contribution is -2.31. The predicted molar refractivity (Wildman–Crippen MR) is 95.6 cm³/mol. The van der Waals surface area contributed by atoms with Crippen molar-refractivity contribution < 1.29 is 18.3 Å². The molecular weight excluding hydrogens is 323 g/mol. The van der Waals surface area contributed by atoms with Crippen molar-refractivity contribution in [3.63, 3.8) is 0 Å². The van der Waals surface area contributed by atoms with Gasteiger partial charge < -0.3 is 4.74 Å². The molecule has 0 bridgehead atoms. The first-order chi connectivity index (χ1) is 11.6. The van der Waals surface area contributed by atoms with E-state index in [0.29, 0.717) is 6.61 Å². The molecule has 1 aliphatic carbocycles. The van der Waals surface area contributed by atoms with Gasteiger partial charge in [0, 0.05) is 11.6 Å². The van der Waals surface area contributed by atoms with Crippen molar-refractivity contribution in [3.8, 4) is 11.6 Å². The second-order valence-electron chi connectivity index (χ2n) is 5.55. The second-order valence-corrected chi connectivity index (χ2v) is 7.28. The van der Waals surface area contributed by atoms with Gasteiger partial charge in [0.2, 0.25) is 0 Å². The number of hydrogen-bond donors (Lipinski definition) is 0. The highest BCUT2D eigenvalue weighted by molar-refractivity contribution is 7.59. The van der Waals surface area contributed by atoms with E-state index in [2.05, 4.69) is 18.2 Å². The summed E-state index contributed by atoms with van der Waals surface area (Å²) in [5.41, 5.74) is 2.92. The first-order valence-electron chi connectivity index (χ1n) is 8.34. The molecule has 24 heavy (non-hydrogen) atoms. The van der Waals surface area contributed by atoms with E-state index in [0.717, 1.165) is 18.4 Å². The molecule has 0 aliphatic heterocycles. The van der Waals surface area contributed by atoms with Crippen LogP contribution in [-0.2, 0) is 24.0 Å². The SMILES string of the molecule is C=CCOC(C#CP(=O)(OCC)OCC)(c1ccccc1)C1CC1. The molecule has 0 amide bonds. The Kier molecular flexibility index (Phi) is 6.83. The maximum atomic E-state index is 12.7. The summed E-state index contributed by atoms with van der Waals surface area (Å²) in [7, 11) is -3.45. The monoisotopic (exact) mass is 348 g/mol. The molecule has 0 heterocycles. The first-order valence-corrected chi connectivity index (χ1v) is 9.88. The summed E-state index contributed by atoms with van der Waals surface area (Å²) in [4.78, 5) is 0. The maximum Gasteiger partial charge on any atom is 0.405 e. The molecule has 4 nitrogen and oxygen atoms in total. The van der Waals surface area contributed by atoms with Crippen molar-refractivity contribution in [1.82, 2.24) is 0 Å². The number of benzene rings is 1. The minimum atomic E-state index is -3.45. The Hall–Kier alpha value is -1.37. The first kappa shape index (κ1) is 19.0. The lowest BCUT2D eigenvalue weighted by Gasteiger charge is -2.29. The summed E-state index contributed by atoms with van der Waals surface area (Å²) >= 11 is 0. The van der Waals surface area contributed by atoms with Crippen LogP contribution in [0.25, 0.3) is 0 Å². The highest BCUT2D eigenvalue weighted by Gasteiger charge is 2.47. The van der Waals surface area contributed by atoms with Crippen molar-refractivity contribution in [2.45, 2.75) is 32.3 Å². The number of hydrogen-bond acceptors (Lipinski definition) is 4. The summed E-state index contributed by atoms with van der Waals surface area (Å²) < 4.78 is 29.4. The third-order valence-electron chi connectivity index (χ3n) is 3.76. The Morgan fingerprint density at radius 3 is 2.38 bits per heavy atom. The van der Waals surface area contributed by atoms with Gasteiger partial charge in [-0.15, -0.1) is 6.58 Å². The molecule has 1 aliphatic rings. The van der Waals surface area contributed by atoms with E-state index in [4.69, 9.17) is 13.8 Å². The largest absolute Gasteiger partial charge is 0.405 e.